The number of nitro benzene ring substituents is 1. The number of nitro groups is 1. The Hall–Kier alpha value is -1.10. The predicted molar refractivity (Wildman–Crippen MR) is 91.9 cm³/mol. The minimum atomic E-state index is -0.345. The Bertz CT molecular complexity index is 438. The highest BCUT2D eigenvalue weighted by Gasteiger charge is 2.12. The molecule has 1 rings (SSSR count). The maximum absolute atomic E-state index is 10.9. The van der Waals surface area contributed by atoms with Gasteiger partial charge in [-0.3, -0.25) is 10.1 Å². The molecule has 0 aromatic heterocycles. The molecule has 0 heterocycles. The Kier molecular flexibility index (Phi) is 9.06. The Balaban J connectivity index is 2.21. The van der Waals surface area contributed by atoms with E-state index in [0.29, 0.717) is 5.69 Å². The molecular weight excluding hydrogens is 332 g/mol. The number of nitrogens with zero attached hydrogens (tertiary/aromatic N) is 1. The fourth-order valence-corrected chi connectivity index (χ4v) is 2.65. The highest BCUT2D eigenvalue weighted by Crippen LogP contribution is 2.27. The molecule has 4 nitrogen and oxygen atoms in total. The standard InChI is InChI=1S/C16H25BrN2O2/c1-2-3-4-5-6-7-8-9-12-18-15-13-14(17)10-11-16(15)19(20)21/h10-11,13,18H,2-9,12H2,1H3. The Morgan fingerprint density at radius 2 is 1.71 bits per heavy atom. The summed E-state index contributed by atoms with van der Waals surface area (Å²) < 4.78 is 0.853. The molecular formula is C16H25BrN2O2. The monoisotopic (exact) mass is 356 g/mol. The molecule has 21 heavy (non-hydrogen) atoms. The van der Waals surface area contributed by atoms with Gasteiger partial charge in [-0.1, -0.05) is 67.8 Å². The van der Waals surface area contributed by atoms with Crippen LogP contribution in [0.1, 0.15) is 58.3 Å². The zero-order valence-electron chi connectivity index (χ0n) is 12.7. The summed E-state index contributed by atoms with van der Waals surface area (Å²) in [6.45, 7) is 3.01. The molecule has 5 heteroatoms. The van der Waals surface area contributed by atoms with Crippen molar-refractivity contribution in [3.8, 4) is 0 Å². The molecule has 0 saturated heterocycles. The van der Waals surface area contributed by atoms with E-state index in [-0.39, 0.29) is 10.6 Å². The van der Waals surface area contributed by atoms with Gasteiger partial charge in [-0.2, -0.15) is 0 Å². The lowest BCUT2D eigenvalue weighted by atomic mass is 10.1. The van der Waals surface area contributed by atoms with Crippen LogP contribution in [0.3, 0.4) is 0 Å². The summed E-state index contributed by atoms with van der Waals surface area (Å²) in [6.07, 6.45) is 10.1. The molecule has 0 aliphatic rings. The van der Waals surface area contributed by atoms with Crippen LogP contribution < -0.4 is 5.32 Å². The first-order chi connectivity index (χ1) is 10.1. The molecule has 0 unspecified atom stereocenters. The van der Waals surface area contributed by atoms with Gasteiger partial charge in [0, 0.05) is 17.1 Å². The average molecular weight is 357 g/mol. The first-order valence-corrected chi connectivity index (χ1v) is 8.62. The quantitative estimate of drug-likeness (QED) is 0.304. The molecule has 1 aromatic rings. The lowest BCUT2D eigenvalue weighted by Crippen LogP contribution is -2.04. The van der Waals surface area contributed by atoms with Crippen LogP contribution in [0.2, 0.25) is 0 Å². The summed E-state index contributed by atoms with van der Waals surface area (Å²) >= 11 is 3.35. The smallest absolute Gasteiger partial charge is 0.292 e. The third-order valence-corrected chi connectivity index (χ3v) is 3.99. The summed E-state index contributed by atoms with van der Waals surface area (Å²) in [6, 6.07) is 4.99. The van der Waals surface area contributed by atoms with Crippen LogP contribution in [0.25, 0.3) is 0 Å². The van der Waals surface area contributed by atoms with Gasteiger partial charge in [-0.25, -0.2) is 0 Å². The molecule has 0 atom stereocenters. The topological polar surface area (TPSA) is 55.2 Å². The Morgan fingerprint density at radius 1 is 1.10 bits per heavy atom. The number of hydrogen-bond acceptors (Lipinski definition) is 3. The second-order valence-corrected chi connectivity index (χ2v) is 6.24. The van der Waals surface area contributed by atoms with Crippen LogP contribution in [-0.4, -0.2) is 11.5 Å². The second kappa shape index (κ2) is 10.6. The van der Waals surface area contributed by atoms with E-state index in [1.165, 1.54) is 51.0 Å². The molecule has 118 valence electrons. The van der Waals surface area contributed by atoms with Crippen molar-refractivity contribution in [3.63, 3.8) is 0 Å². The van der Waals surface area contributed by atoms with Gasteiger partial charge >= 0.3 is 0 Å². The summed E-state index contributed by atoms with van der Waals surface area (Å²) in [5, 5.41) is 14.1. The van der Waals surface area contributed by atoms with Gasteiger partial charge in [-0.15, -0.1) is 0 Å². The zero-order valence-corrected chi connectivity index (χ0v) is 14.3. The van der Waals surface area contributed by atoms with Crippen LogP contribution in [-0.2, 0) is 0 Å². The molecule has 0 saturated carbocycles. The molecule has 0 fully saturated rings. The largest absolute Gasteiger partial charge is 0.379 e. The maximum Gasteiger partial charge on any atom is 0.292 e. The third kappa shape index (κ3) is 7.46. The fourth-order valence-electron chi connectivity index (χ4n) is 2.29. The number of hydrogen-bond donors (Lipinski definition) is 1. The van der Waals surface area contributed by atoms with Gasteiger partial charge in [0.2, 0.25) is 0 Å². The van der Waals surface area contributed by atoms with Crippen molar-refractivity contribution < 1.29 is 4.92 Å². The number of unbranched alkanes of at least 4 members (excludes halogenated alkanes) is 7. The van der Waals surface area contributed by atoms with E-state index >= 15 is 0 Å². The first-order valence-electron chi connectivity index (χ1n) is 7.83. The van der Waals surface area contributed by atoms with Gasteiger partial charge in [0.1, 0.15) is 5.69 Å². The lowest BCUT2D eigenvalue weighted by molar-refractivity contribution is -0.384. The maximum atomic E-state index is 10.9. The average Bonchev–Trinajstić information content (AvgIpc) is 2.45. The zero-order chi connectivity index (χ0) is 15.5. The van der Waals surface area contributed by atoms with E-state index in [0.717, 1.165) is 17.4 Å². The minimum absolute atomic E-state index is 0.137. The van der Waals surface area contributed by atoms with Crippen molar-refractivity contribution in [2.45, 2.75) is 58.3 Å². The van der Waals surface area contributed by atoms with Gasteiger partial charge in [0.05, 0.1) is 4.92 Å². The highest BCUT2D eigenvalue weighted by molar-refractivity contribution is 9.10. The second-order valence-electron chi connectivity index (χ2n) is 5.32. The van der Waals surface area contributed by atoms with Crippen molar-refractivity contribution in [3.05, 3.63) is 32.8 Å². The number of nitrogens with one attached hydrogen (secondary N) is 1. The van der Waals surface area contributed by atoms with Gasteiger partial charge < -0.3 is 5.32 Å². The molecule has 0 aliphatic heterocycles. The molecule has 0 spiro atoms. The van der Waals surface area contributed by atoms with Crippen LogP contribution in [0.15, 0.2) is 22.7 Å². The Labute approximate surface area is 135 Å². The van der Waals surface area contributed by atoms with Crippen molar-refractivity contribution in [2.24, 2.45) is 0 Å². The normalized spacial score (nSPS) is 10.6. The first kappa shape index (κ1) is 18.0. The number of anilines is 1. The molecule has 0 bridgehead atoms. The van der Waals surface area contributed by atoms with Crippen molar-refractivity contribution in [1.82, 2.24) is 0 Å². The number of halogens is 1. The van der Waals surface area contributed by atoms with E-state index < -0.39 is 0 Å². The van der Waals surface area contributed by atoms with Gasteiger partial charge in [-0.05, 0) is 18.6 Å². The molecule has 1 N–H and O–H groups in total. The van der Waals surface area contributed by atoms with Crippen molar-refractivity contribution in [2.75, 3.05) is 11.9 Å². The lowest BCUT2D eigenvalue weighted by Gasteiger charge is -2.07. The van der Waals surface area contributed by atoms with Crippen LogP contribution in [0, 0.1) is 10.1 Å². The molecule has 0 radical (unpaired) electrons. The predicted octanol–water partition coefficient (Wildman–Crippen LogP) is 5.91. The third-order valence-electron chi connectivity index (χ3n) is 3.50. The Morgan fingerprint density at radius 3 is 2.33 bits per heavy atom. The van der Waals surface area contributed by atoms with Crippen LogP contribution in [0.4, 0.5) is 11.4 Å². The van der Waals surface area contributed by atoms with E-state index in [2.05, 4.69) is 28.2 Å². The number of benzene rings is 1. The molecule has 0 amide bonds. The van der Waals surface area contributed by atoms with Crippen molar-refractivity contribution >= 4 is 27.3 Å². The van der Waals surface area contributed by atoms with Gasteiger partial charge in [0.25, 0.3) is 5.69 Å². The van der Waals surface area contributed by atoms with Crippen molar-refractivity contribution in [1.29, 1.82) is 0 Å². The van der Waals surface area contributed by atoms with E-state index in [1.807, 2.05) is 0 Å². The minimum Gasteiger partial charge on any atom is -0.379 e. The van der Waals surface area contributed by atoms with Crippen LogP contribution >= 0.6 is 15.9 Å². The molecule has 1 aromatic carbocycles. The highest BCUT2D eigenvalue weighted by atomic mass is 79.9. The van der Waals surface area contributed by atoms with Gasteiger partial charge in [0.15, 0.2) is 0 Å². The van der Waals surface area contributed by atoms with E-state index in [4.69, 9.17) is 0 Å². The SMILES string of the molecule is CCCCCCCCCCNc1cc(Br)ccc1[N+](=O)[O-]. The summed E-state index contributed by atoms with van der Waals surface area (Å²) in [5.74, 6) is 0. The van der Waals surface area contributed by atoms with E-state index in [9.17, 15) is 10.1 Å². The molecule has 0 aliphatic carbocycles. The van der Waals surface area contributed by atoms with E-state index in [1.54, 1.807) is 12.1 Å². The summed E-state index contributed by atoms with van der Waals surface area (Å²) in [4.78, 5) is 10.6. The number of rotatable bonds is 11. The van der Waals surface area contributed by atoms with Crippen LogP contribution in [0.5, 0.6) is 0 Å². The fraction of sp³-hybridized carbons (Fsp3) is 0.625. The summed E-state index contributed by atoms with van der Waals surface area (Å²) in [7, 11) is 0. The summed E-state index contributed by atoms with van der Waals surface area (Å²) in [5.41, 5.74) is 0.732.